The van der Waals surface area contributed by atoms with Gasteiger partial charge in [0.05, 0.1) is 6.04 Å². The normalized spacial score (nSPS) is 22.1. The molecule has 1 N–H and O–H groups in total. The van der Waals surface area contributed by atoms with Crippen molar-refractivity contribution in [2.75, 3.05) is 6.61 Å². The molecule has 19 heavy (non-hydrogen) atoms. The molecular weight excluding hydrogens is 255 g/mol. The average Bonchev–Trinajstić information content (AvgIpc) is 2.31. The smallest absolute Gasteiger partial charge is 0.292 e. The SMILES string of the molecule is CC1(C)CCC(NOCC(F)(F)F)c2ccccc21. The maximum Gasteiger partial charge on any atom is 0.413 e. The first-order chi connectivity index (χ1) is 8.80. The molecule has 1 atom stereocenters. The first kappa shape index (κ1) is 14.3. The minimum atomic E-state index is -4.31. The highest BCUT2D eigenvalue weighted by Gasteiger charge is 2.33. The van der Waals surface area contributed by atoms with Crippen LogP contribution in [0, 0.1) is 0 Å². The monoisotopic (exact) mass is 273 g/mol. The Morgan fingerprint density at radius 1 is 1.32 bits per heavy atom. The molecule has 1 aliphatic carbocycles. The molecule has 106 valence electrons. The third kappa shape index (κ3) is 3.48. The van der Waals surface area contributed by atoms with Gasteiger partial charge in [0.2, 0.25) is 0 Å². The van der Waals surface area contributed by atoms with Gasteiger partial charge in [-0.1, -0.05) is 38.1 Å². The summed E-state index contributed by atoms with van der Waals surface area (Å²) in [7, 11) is 0. The van der Waals surface area contributed by atoms with E-state index in [1.54, 1.807) is 0 Å². The van der Waals surface area contributed by atoms with Crippen molar-refractivity contribution in [1.82, 2.24) is 5.48 Å². The number of fused-ring (bicyclic) bond motifs is 1. The van der Waals surface area contributed by atoms with Gasteiger partial charge in [0.1, 0.15) is 0 Å². The number of nitrogens with one attached hydrogen (secondary N) is 1. The van der Waals surface area contributed by atoms with Gasteiger partial charge >= 0.3 is 6.18 Å². The highest BCUT2D eigenvalue weighted by molar-refractivity contribution is 5.37. The van der Waals surface area contributed by atoms with Gasteiger partial charge < -0.3 is 0 Å². The molecular formula is C14H18F3NO. The fourth-order valence-electron chi connectivity index (χ4n) is 2.56. The van der Waals surface area contributed by atoms with Crippen LogP contribution in [0.1, 0.15) is 43.9 Å². The second-order valence-corrected chi connectivity index (χ2v) is 5.58. The molecule has 5 heteroatoms. The lowest BCUT2D eigenvalue weighted by Gasteiger charge is -2.37. The van der Waals surface area contributed by atoms with E-state index in [1.165, 1.54) is 5.56 Å². The van der Waals surface area contributed by atoms with Crippen LogP contribution >= 0.6 is 0 Å². The Labute approximate surface area is 110 Å². The molecule has 0 spiro atoms. The van der Waals surface area contributed by atoms with Crippen LogP contribution in [0.25, 0.3) is 0 Å². The van der Waals surface area contributed by atoms with Gasteiger partial charge in [-0.2, -0.15) is 18.7 Å². The van der Waals surface area contributed by atoms with Crippen molar-refractivity contribution < 1.29 is 18.0 Å². The summed E-state index contributed by atoms with van der Waals surface area (Å²) in [6, 6.07) is 7.67. The summed E-state index contributed by atoms with van der Waals surface area (Å²) >= 11 is 0. The van der Waals surface area contributed by atoms with Crippen molar-refractivity contribution >= 4 is 0 Å². The fourth-order valence-corrected chi connectivity index (χ4v) is 2.56. The number of hydrogen-bond acceptors (Lipinski definition) is 2. The maximum atomic E-state index is 12.1. The van der Waals surface area contributed by atoms with E-state index in [2.05, 4.69) is 24.2 Å². The molecule has 0 radical (unpaired) electrons. The molecule has 1 aliphatic rings. The predicted octanol–water partition coefficient (Wildman–Crippen LogP) is 3.88. The van der Waals surface area contributed by atoms with E-state index >= 15 is 0 Å². The van der Waals surface area contributed by atoms with Crippen molar-refractivity contribution in [3.05, 3.63) is 35.4 Å². The van der Waals surface area contributed by atoms with Crippen molar-refractivity contribution in [1.29, 1.82) is 0 Å². The van der Waals surface area contributed by atoms with Gasteiger partial charge in [-0.25, -0.2) is 0 Å². The summed E-state index contributed by atoms with van der Waals surface area (Å²) in [6.45, 7) is 3.03. The molecule has 2 nitrogen and oxygen atoms in total. The summed E-state index contributed by atoms with van der Waals surface area (Å²) in [4.78, 5) is 4.59. The lowest BCUT2D eigenvalue weighted by molar-refractivity contribution is -0.193. The Balaban J connectivity index is 2.08. The third-order valence-electron chi connectivity index (χ3n) is 3.58. The topological polar surface area (TPSA) is 21.3 Å². The first-order valence-corrected chi connectivity index (χ1v) is 6.33. The Hall–Kier alpha value is -1.07. The third-order valence-corrected chi connectivity index (χ3v) is 3.58. The van der Waals surface area contributed by atoms with E-state index < -0.39 is 12.8 Å². The summed E-state index contributed by atoms with van der Waals surface area (Å²) in [6.07, 6.45) is -2.63. The lowest BCUT2D eigenvalue weighted by Crippen LogP contribution is -2.34. The van der Waals surface area contributed by atoms with Crippen LogP contribution < -0.4 is 5.48 Å². The van der Waals surface area contributed by atoms with Gasteiger partial charge in [-0.3, -0.25) is 4.84 Å². The average molecular weight is 273 g/mol. The predicted molar refractivity (Wildman–Crippen MR) is 66.6 cm³/mol. The number of benzene rings is 1. The van der Waals surface area contributed by atoms with Crippen molar-refractivity contribution in [3.63, 3.8) is 0 Å². The Kier molecular flexibility index (Phi) is 3.87. The van der Waals surface area contributed by atoms with E-state index in [-0.39, 0.29) is 11.5 Å². The summed E-state index contributed by atoms with van der Waals surface area (Å²) in [5, 5.41) is 0. The number of alkyl halides is 3. The van der Waals surface area contributed by atoms with Crippen LogP contribution in [0.4, 0.5) is 13.2 Å². The molecule has 1 unspecified atom stereocenters. The number of hydroxylamine groups is 1. The largest absolute Gasteiger partial charge is 0.413 e. The van der Waals surface area contributed by atoms with E-state index in [9.17, 15) is 13.2 Å². The highest BCUT2D eigenvalue weighted by atomic mass is 19.4. The van der Waals surface area contributed by atoms with Crippen molar-refractivity contribution in [2.24, 2.45) is 0 Å². The molecule has 1 aromatic rings. The zero-order chi connectivity index (χ0) is 14.1. The van der Waals surface area contributed by atoms with Gasteiger partial charge in [-0.05, 0) is 29.4 Å². The number of hydrogen-bond donors (Lipinski definition) is 1. The molecule has 0 saturated heterocycles. The second kappa shape index (κ2) is 5.13. The van der Waals surface area contributed by atoms with Crippen molar-refractivity contribution in [3.8, 4) is 0 Å². The van der Waals surface area contributed by atoms with E-state index in [0.29, 0.717) is 0 Å². The van der Waals surface area contributed by atoms with Crippen LogP contribution in [0.3, 0.4) is 0 Å². The molecule has 0 aromatic heterocycles. The van der Waals surface area contributed by atoms with Crippen LogP contribution in [-0.4, -0.2) is 12.8 Å². The molecule has 0 fully saturated rings. The summed E-state index contributed by atoms with van der Waals surface area (Å²) in [5.74, 6) is 0. The van der Waals surface area contributed by atoms with Gasteiger partial charge in [0, 0.05) is 0 Å². The number of rotatable bonds is 3. The van der Waals surface area contributed by atoms with E-state index in [0.717, 1.165) is 18.4 Å². The van der Waals surface area contributed by atoms with E-state index in [1.807, 2.05) is 24.3 Å². The summed E-state index contributed by atoms with van der Waals surface area (Å²) in [5.41, 5.74) is 4.81. The molecule has 0 bridgehead atoms. The number of halogens is 3. The van der Waals surface area contributed by atoms with Gasteiger partial charge in [0.25, 0.3) is 0 Å². The minimum absolute atomic E-state index is 0.0544. The maximum absolute atomic E-state index is 12.1. The Bertz CT molecular complexity index is 443. The molecule has 0 aliphatic heterocycles. The summed E-state index contributed by atoms with van der Waals surface area (Å²) < 4.78 is 36.2. The Morgan fingerprint density at radius 3 is 2.68 bits per heavy atom. The highest BCUT2D eigenvalue weighted by Crippen LogP contribution is 2.41. The van der Waals surface area contributed by atoms with Gasteiger partial charge in [0.15, 0.2) is 6.61 Å². The lowest BCUT2D eigenvalue weighted by atomic mass is 9.71. The zero-order valence-corrected chi connectivity index (χ0v) is 11.1. The molecule has 0 amide bonds. The van der Waals surface area contributed by atoms with E-state index in [4.69, 9.17) is 0 Å². The quantitative estimate of drug-likeness (QED) is 0.844. The molecule has 0 saturated carbocycles. The molecule has 1 aromatic carbocycles. The Morgan fingerprint density at radius 2 is 2.00 bits per heavy atom. The fraction of sp³-hybridized carbons (Fsp3) is 0.571. The minimum Gasteiger partial charge on any atom is -0.292 e. The molecule has 0 heterocycles. The van der Waals surface area contributed by atoms with Crippen LogP contribution in [0.5, 0.6) is 0 Å². The first-order valence-electron chi connectivity index (χ1n) is 6.33. The van der Waals surface area contributed by atoms with Crippen molar-refractivity contribution in [2.45, 2.75) is 44.3 Å². The van der Waals surface area contributed by atoms with Crippen LogP contribution in [-0.2, 0) is 10.3 Å². The zero-order valence-electron chi connectivity index (χ0n) is 11.1. The molecule has 2 rings (SSSR count). The second-order valence-electron chi connectivity index (χ2n) is 5.58. The van der Waals surface area contributed by atoms with Crippen LogP contribution in [0.15, 0.2) is 24.3 Å². The standard InChI is InChI=1S/C14H18F3NO/c1-13(2)8-7-12(18-19-9-14(15,16)17)10-5-3-4-6-11(10)13/h3-6,12,18H,7-9H2,1-2H3. The van der Waals surface area contributed by atoms with Gasteiger partial charge in [-0.15, -0.1) is 0 Å². The van der Waals surface area contributed by atoms with Crippen LogP contribution in [0.2, 0.25) is 0 Å².